The quantitative estimate of drug-likeness (QED) is 0.101. The van der Waals surface area contributed by atoms with Gasteiger partial charge in [0.05, 0.1) is 11.4 Å². The van der Waals surface area contributed by atoms with Gasteiger partial charge < -0.3 is 20.7 Å². The molecule has 2 aromatic carbocycles. The second kappa shape index (κ2) is 18.2. The predicted octanol–water partition coefficient (Wildman–Crippen LogP) is 6.89. The van der Waals surface area contributed by atoms with E-state index in [2.05, 4.69) is 20.6 Å². The highest BCUT2D eigenvalue weighted by atomic mass is 35.5. The van der Waals surface area contributed by atoms with Crippen molar-refractivity contribution >= 4 is 50.1 Å². The molecule has 1 atom stereocenters. The molecule has 13 nitrogen and oxygen atoms in total. The third-order valence-corrected chi connectivity index (χ3v) is 12.1. The Bertz CT molecular complexity index is 2510. The van der Waals surface area contributed by atoms with Gasteiger partial charge in [-0.2, -0.15) is 0 Å². The zero-order valence-electron chi connectivity index (χ0n) is 30.9. The fourth-order valence-corrected chi connectivity index (χ4v) is 8.52. The van der Waals surface area contributed by atoms with Gasteiger partial charge >= 0.3 is 6.09 Å². The van der Waals surface area contributed by atoms with E-state index < -0.39 is 32.2 Å². The summed E-state index contributed by atoms with van der Waals surface area (Å²) in [5.41, 5.74) is 3.40. The third-order valence-electron chi connectivity index (χ3n) is 8.56. The van der Waals surface area contributed by atoms with Crippen LogP contribution in [-0.4, -0.2) is 59.0 Å². The van der Waals surface area contributed by atoms with E-state index in [1.165, 1.54) is 50.8 Å². The summed E-state index contributed by atoms with van der Waals surface area (Å²) in [5, 5.41) is 15.0. The van der Waals surface area contributed by atoms with Gasteiger partial charge in [0.1, 0.15) is 14.9 Å². The summed E-state index contributed by atoms with van der Waals surface area (Å²) < 4.78 is 55.2. The minimum atomic E-state index is -3.95. The normalized spacial score (nSPS) is 12.2. The van der Waals surface area contributed by atoms with Gasteiger partial charge in [0, 0.05) is 43.4 Å². The van der Waals surface area contributed by atoms with Crippen molar-refractivity contribution in [2.24, 2.45) is 5.41 Å². The number of rotatable bonds is 11. The van der Waals surface area contributed by atoms with Crippen LogP contribution in [0, 0.1) is 5.41 Å². The van der Waals surface area contributed by atoms with Crippen LogP contribution in [0.2, 0.25) is 5.15 Å². The lowest BCUT2D eigenvalue weighted by Crippen LogP contribution is -2.44. The molecule has 4 aromatic heterocycles. The van der Waals surface area contributed by atoms with Crippen molar-refractivity contribution in [1.29, 1.82) is 0 Å². The molecule has 0 saturated heterocycles. The molecular weight excluding hydrogens is 800 g/mol. The molecule has 0 aliphatic rings. The largest absolute Gasteiger partial charge is 0.465 e. The van der Waals surface area contributed by atoms with E-state index >= 15 is 0 Å². The summed E-state index contributed by atoms with van der Waals surface area (Å²) in [4.78, 5) is 28.8. The molecule has 0 fully saturated rings. The first-order valence-electron chi connectivity index (χ1n) is 17.0. The lowest BCUT2D eigenvalue weighted by molar-refractivity contribution is 0.174. The van der Waals surface area contributed by atoms with E-state index in [-0.39, 0.29) is 38.3 Å². The second-order valence-corrected chi connectivity index (χ2v) is 17.6. The minimum absolute atomic E-state index is 0. The summed E-state index contributed by atoms with van der Waals surface area (Å²) >= 11 is 5.81. The highest BCUT2D eigenvalue weighted by molar-refractivity contribution is 7.90. The number of halogens is 2. The van der Waals surface area contributed by atoms with Crippen LogP contribution in [0.25, 0.3) is 22.5 Å². The second-order valence-electron chi connectivity index (χ2n) is 13.6. The van der Waals surface area contributed by atoms with Gasteiger partial charge in [0.2, 0.25) is 5.56 Å². The number of H-pyrrole nitrogens is 1. The summed E-state index contributed by atoms with van der Waals surface area (Å²) in [6.45, 7) is 6.34. The van der Waals surface area contributed by atoms with Crippen LogP contribution in [0.3, 0.4) is 0 Å². The maximum atomic E-state index is 13.4. The molecule has 0 spiro atoms. The van der Waals surface area contributed by atoms with Gasteiger partial charge in [-0.05, 0) is 71.5 Å². The third kappa shape index (κ3) is 10.4. The van der Waals surface area contributed by atoms with Crippen LogP contribution in [0.15, 0.2) is 136 Å². The van der Waals surface area contributed by atoms with Gasteiger partial charge in [-0.1, -0.05) is 93.0 Å². The Hall–Kier alpha value is -5.19. The molecule has 4 heterocycles. The number of aromatic nitrogens is 4. The van der Waals surface area contributed by atoms with Crippen LogP contribution in [0.5, 0.6) is 0 Å². The SMILES string of the molecule is CC(C)(C)C(Cc1cc(-c2ccccc2)n(S(=O)(=O)c2ccc(Cl)nc2)c1)NC(=O)O.CNCc1cc(-c2ccccc2)n(S(=O)(=O)c2ccc(=O)[nH]c2)c1.Cl. The zero-order valence-corrected chi connectivity index (χ0v) is 34.1. The predicted molar refractivity (Wildman–Crippen MR) is 219 cm³/mol. The summed E-state index contributed by atoms with van der Waals surface area (Å²) in [6.07, 6.45) is 4.77. The number of hydrogen-bond acceptors (Lipinski definition) is 8. The molecule has 0 aliphatic heterocycles. The van der Waals surface area contributed by atoms with Crippen molar-refractivity contribution < 1.29 is 26.7 Å². The molecule has 4 N–H and O–H groups in total. The van der Waals surface area contributed by atoms with Crippen molar-refractivity contribution in [3.8, 4) is 22.5 Å². The molecule has 1 unspecified atom stereocenters. The molecule has 6 rings (SSSR count). The molecule has 0 radical (unpaired) electrons. The molecule has 0 bridgehead atoms. The Labute approximate surface area is 336 Å². The summed E-state index contributed by atoms with van der Waals surface area (Å²) in [7, 11) is -5.96. The molecule has 6 aromatic rings. The number of nitrogens with zero attached hydrogens (tertiary/aromatic N) is 3. The molecule has 0 aliphatic carbocycles. The Morgan fingerprint density at radius 3 is 1.80 bits per heavy atom. The number of nitrogens with one attached hydrogen (secondary N) is 3. The van der Waals surface area contributed by atoms with E-state index in [4.69, 9.17) is 11.6 Å². The van der Waals surface area contributed by atoms with E-state index in [0.717, 1.165) is 16.7 Å². The Morgan fingerprint density at radius 2 is 1.34 bits per heavy atom. The van der Waals surface area contributed by atoms with E-state index in [1.54, 1.807) is 19.3 Å². The number of carbonyl (C=O) groups is 1. The lowest BCUT2D eigenvalue weighted by Gasteiger charge is -2.30. The van der Waals surface area contributed by atoms with Gasteiger partial charge in [0.15, 0.2) is 0 Å². The highest BCUT2D eigenvalue weighted by Crippen LogP contribution is 2.31. The minimum Gasteiger partial charge on any atom is -0.465 e. The van der Waals surface area contributed by atoms with Gasteiger partial charge in [-0.25, -0.2) is 34.6 Å². The van der Waals surface area contributed by atoms with Crippen molar-refractivity contribution in [3.63, 3.8) is 0 Å². The smallest absolute Gasteiger partial charge is 0.404 e. The number of benzene rings is 2. The average molecular weight is 842 g/mol. The number of hydrogen-bond donors (Lipinski definition) is 4. The molecule has 0 saturated carbocycles. The van der Waals surface area contributed by atoms with Gasteiger partial charge in [-0.3, -0.25) is 4.79 Å². The van der Waals surface area contributed by atoms with E-state index in [0.29, 0.717) is 29.9 Å². The standard InChI is InChI=1S/C22H24ClN3O4S.C17H17N3O3S.ClH/c1-22(2,3)19(25-21(27)28)12-15-11-18(16-7-5-4-6-8-16)26(14-15)31(29,30)17-9-10-20(23)24-13-17;1-18-10-13-9-16(14-5-3-2-4-6-14)20(12-13)24(22,23)15-7-8-17(21)19-11-15;/h4-11,13-14,19,25H,12H2,1-3H3,(H,27,28);2-9,11-12,18H,10H2,1H3,(H,19,21);1H. The number of aromatic amines is 1. The Kier molecular flexibility index (Phi) is 14.1. The maximum absolute atomic E-state index is 13.4. The van der Waals surface area contributed by atoms with Gasteiger partial charge in [0.25, 0.3) is 20.0 Å². The van der Waals surface area contributed by atoms with Crippen LogP contribution in [-0.2, 0) is 33.0 Å². The monoisotopic (exact) mass is 840 g/mol. The molecule has 17 heteroatoms. The van der Waals surface area contributed by atoms with Crippen molar-refractivity contribution in [2.45, 2.75) is 49.6 Å². The first-order valence-corrected chi connectivity index (χ1v) is 20.3. The van der Waals surface area contributed by atoms with Crippen LogP contribution >= 0.6 is 24.0 Å². The molecule has 296 valence electrons. The number of pyridine rings is 2. The summed E-state index contributed by atoms with van der Waals surface area (Å²) in [6, 6.07) is 27.0. The fourth-order valence-electron chi connectivity index (χ4n) is 5.70. The number of carboxylic acid groups (broad SMARTS) is 1. The van der Waals surface area contributed by atoms with Crippen LogP contribution < -0.4 is 16.2 Å². The van der Waals surface area contributed by atoms with E-state index in [9.17, 15) is 31.5 Å². The van der Waals surface area contributed by atoms with Gasteiger partial charge in [-0.15, -0.1) is 12.4 Å². The Morgan fingerprint density at radius 1 is 0.821 bits per heavy atom. The summed E-state index contributed by atoms with van der Waals surface area (Å²) in [5.74, 6) is 0. The lowest BCUT2D eigenvalue weighted by atomic mass is 9.83. The number of amides is 1. The van der Waals surface area contributed by atoms with Crippen LogP contribution in [0.4, 0.5) is 4.79 Å². The van der Waals surface area contributed by atoms with Crippen molar-refractivity contribution in [1.82, 2.24) is 28.5 Å². The average Bonchev–Trinajstić information content (AvgIpc) is 3.78. The van der Waals surface area contributed by atoms with Crippen molar-refractivity contribution in [3.05, 3.63) is 148 Å². The topological polar surface area (TPSA) is 185 Å². The maximum Gasteiger partial charge on any atom is 0.404 e. The molecular formula is C39H42Cl2N6O7S2. The van der Waals surface area contributed by atoms with Crippen molar-refractivity contribution in [2.75, 3.05) is 7.05 Å². The fraction of sp³-hybridized carbons (Fsp3) is 0.205. The first-order chi connectivity index (χ1) is 26.0. The Balaban J connectivity index is 0.000000252. The first kappa shape index (κ1) is 43.5. The van der Waals surface area contributed by atoms with E-state index in [1.807, 2.05) is 87.5 Å². The zero-order chi connectivity index (χ0) is 40.0. The van der Waals surface area contributed by atoms with Crippen LogP contribution in [0.1, 0.15) is 31.9 Å². The highest BCUT2D eigenvalue weighted by Gasteiger charge is 2.29. The molecule has 56 heavy (non-hydrogen) atoms. The molecule has 1 amide bonds.